The molecule has 4 unspecified atom stereocenters. The summed E-state index contributed by atoms with van der Waals surface area (Å²) in [7, 11) is 1.32. The summed E-state index contributed by atoms with van der Waals surface area (Å²) in [4.78, 5) is 11.9. The largest absolute Gasteiger partial charge is 0.504 e. The average molecular weight is 360 g/mol. The van der Waals surface area contributed by atoms with E-state index in [1.807, 2.05) is 0 Å². The Bertz CT molecular complexity index is 698. The summed E-state index contributed by atoms with van der Waals surface area (Å²) in [6.45, 7) is 7.09. The molecule has 2 fully saturated rings. The van der Waals surface area contributed by atoms with Crippen molar-refractivity contribution >= 4 is 5.97 Å². The molecule has 0 aromatic heterocycles. The van der Waals surface area contributed by atoms with Crippen molar-refractivity contribution < 1.29 is 19.7 Å². The van der Waals surface area contributed by atoms with Gasteiger partial charge in [-0.3, -0.25) is 0 Å². The first kappa shape index (κ1) is 19.1. The summed E-state index contributed by atoms with van der Waals surface area (Å²) in [6.07, 6.45) is 8.20. The van der Waals surface area contributed by atoms with E-state index in [0.29, 0.717) is 29.2 Å². The maximum absolute atomic E-state index is 11.9. The Labute approximate surface area is 156 Å². The number of fused-ring (bicyclic) bond motifs is 1. The predicted octanol–water partition coefficient (Wildman–Crippen LogP) is 5.06. The van der Waals surface area contributed by atoms with Crippen molar-refractivity contribution in [2.24, 2.45) is 22.7 Å². The zero-order valence-corrected chi connectivity index (χ0v) is 16.5. The molecule has 0 radical (unpaired) electrons. The Kier molecular flexibility index (Phi) is 4.98. The fourth-order valence-electron chi connectivity index (χ4n) is 5.80. The van der Waals surface area contributed by atoms with E-state index in [1.165, 1.54) is 51.7 Å². The quantitative estimate of drug-likeness (QED) is 0.584. The number of methoxy groups -OCH3 is 1. The van der Waals surface area contributed by atoms with Crippen molar-refractivity contribution in [1.29, 1.82) is 0 Å². The zero-order valence-electron chi connectivity index (χ0n) is 16.5. The maximum atomic E-state index is 11.9. The van der Waals surface area contributed by atoms with E-state index in [9.17, 15) is 15.0 Å². The summed E-state index contributed by atoms with van der Waals surface area (Å²) >= 11 is 0. The highest BCUT2D eigenvalue weighted by molar-refractivity contribution is 5.90. The highest BCUT2D eigenvalue weighted by atomic mass is 16.5. The second-order valence-electron chi connectivity index (χ2n) is 9.07. The number of carbonyl (C=O) groups is 1. The third-order valence-corrected chi connectivity index (χ3v) is 7.56. The van der Waals surface area contributed by atoms with Crippen molar-refractivity contribution in [1.82, 2.24) is 0 Å². The predicted molar refractivity (Wildman–Crippen MR) is 101 cm³/mol. The summed E-state index contributed by atoms with van der Waals surface area (Å²) in [5, 5.41) is 20.6. The van der Waals surface area contributed by atoms with Crippen LogP contribution < -0.4 is 0 Å². The third-order valence-electron chi connectivity index (χ3n) is 7.56. The third kappa shape index (κ3) is 3.08. The van der Waals surface area contributed by atoms with Gasteiger partial charge in [-0.15, -0.1) is 0 Å². The van der Waals surface area contributed by atoms with Gasteiger partial charge in [0.25, 0.3) is 0 Å². The van der Waals surface area contributed by atoms with Crippen LogP contribution in [0.2, 0.25) is 0 Å². The molecular formula is C22H32O4. The molecule has 0 heterocycles. The number of aromatic hydroxyl groups is 2. The first-order valence-electron chi connectivity index (χ1n) is 9.84. The molecule has 4 nitrogen and oxygen atoms in total. The van der Waals surface area contributed by atoms with Crippen molar-refractivity contribution in [3.05, 3.63) is 23.3 Å². The highest BCUT2D eigenvalue weighted by Gasteiger charge is 2.52. The molecule has 2 N–H and O–H groups in total. The van der Waals surface area contributed by atoms with E-state index in [2.05, 4.69) is 20.8 Å². The summed E-state index contributed by atoms with van der Waals surface area (Å²) in [5.41, 5.74) is 1.33. The lowest BCUT2D eigenvalue weighted by molar-refractivity contribution is -0.0766. The van der Waals surface area contributed by atoms with E-state index in [-0.39, 0.29) is 22.5 Å². The van der Waals surface area contributed by atoms with Gasteiger partial charge in [0.15, 0.2) is 11.5 Å². The van der Waals surface area contributed by atoms with Crippen LogP contribution in [0.1, 0.15) is 75.2 Å². The van der Waals surface area contributed by atoms with Crippen molar-refractivity contribution in [2.45, 2.75) is 65.7 Å². The van der Waals surface area contributed by atoms with Gasteiger partial charge in [-0.2, -0.15) is 0 Å². The average Bonchev–Trinajstić information content (AvgIpc) is 2.62. The molecule has 4 heteroatoms. The molecule has 2 aliphatic rings. The minimum atomic E-state index is -0.495. The number of benzene rings is 1. The normalized spacial score (nSPS) is 34.2. The zero-order chi connectivity index (χ0) is 19.1. The monoisotopic (exact) mass is 360 g/mol. The lowest BCUT2D eigenvalue weighted by Gasteiger charge is -2.58. The fourth-order valence-corrected chi connectivity index (χ4v) is 5.80. The molecule has 0 aliphatic heterocycles. The minimum Gasteiger partial charge on any atom is -0.504 e. The van der Waals surface area contributed by atoms with Gasteiger partial charge in [-0.25, -0.2) is 4.79 Å². The maximum Gasteiger partial charge on any atom is 0.337 e. The van der Waals surface area contributed by atoms with Gasteiger partial charge in [0, 0.05) is 0 Å². The topological polar surface area (TPSA) is 66.8 Å². The lowest BCUT2D eigenvalue weighted by atomic mass is 9.47. The molecule has 2 saturated carbocycles. The van der Waals surface area contributed by atoms with Crippen LogP contribution in [0.4, 0.5) is 0 Å². The molecule has 4 atom stereocenters. The van der Waals surface area contributed by atoms with Gasteiger partial charge in [-0.05, 0) is 72.5 Å². The van der Waals surface area contributed by atoms with E-state index >= 15 is 0 Å². The van der Waals surface area contributed by atoms with Gasteiger partial charge in [0.05, 0.1) is 12.7 Å². The Balaban J connectivity index is 2.00. The van der Waals surface area contributed by atoms with E-state index in [0.717, 1.165) is 0 Å². The van der Waals surface area contributed by atoms with Crippen LogP contribution in [0.15, 0.2) is 12.1 Å². The van der Waals surface area contributed by atoms with Crippen LogP contribution in [-0.2, 0) is 11.2 Å². The second-order valence-corrected chi connectivity index (χ2v) is 9.07. The number of ether oxygens (including phenoxy) is 1. The van der Waals surface area contributed by atoms with E-state index in [1.54, 1.807) is 6.07 Å². The fraction of sp³-hybridized carbons (Fsp3) is 0.682. The molecule has 0 amide bonds. The van der Waals surface area contributed by atoms with Crippen LogP contribution in [0.5, 0.6) is 11.5 Å². The van der Waals surface area contributed by atoms with Gasteiger partial charge in [-0.1, -0.05) is 33.6 Å². The SMILES string of the molecule is COC(=O)c1cc(O)c(O)c(CC2(C)C(C)CCC3(C)CCCCC32)c1. The number of rotatable bonds is 3. The molecule has 0 bridgehead atoms. The second kappa shape index (κ2) is 6.79. The number of phenols is 2. The van der Waals surface area contributed by atoms with Crippen molar-refractivity contribution in [2.75, 3.05) is 7.11 Å². The van der Waals surface area contributed by atoms with Gasteiger partial charge in [0.2, 0.25) is 0 Å². The number of phenolic OH excluding ortho intramolecular Hbond substituents is 2. The van der Waals surface area contributed by atoms with Crippen LogP contribution >= 0.6 is 0 Å². The smallest absolute Gasteiger partial charge is 0.337 e. The Morgan fingerprint density at radius 1 is 1.19 bits per heavy atom. The van der Waals surface area contributed by atoms with Crippen LogP contribution in [0.25, 0.3) is 0 Å². The Morgan fingerprint density at radius 2 is 1.92 bits per heavy atom. The first-order valence-corrected chi connectivity index (χ1v) is 9.84. The van der Waals surface area contributed by atoms with Gasteiger partial charge >= 0.3 is 5.97 Å². The molecule has 2 aliphatic carbocycles. The van der Waals surface area contributed by atoms with Crippen molar-refractivity contribution in [3.8, 4) is 11.5 Å². The van der Waals surface area contributed by atoms with Crippen LogP contribution in [0, 0.1) is 22.7 Å². The molecule has 26 heavy (non-hydrogen) atoms. The molecule has 3 rings (SSSR count). The van der Waals surface area contributed by atoms with Gasteiger partial charge in [0.1, 0.15) is 0 Å². The molecule has 1 aromatic carbocycles. The Morgan fingerprint density at radius 3 is 2.62 bits per heavy atom. The molecule has 0 spiro atoms. The Hall–Kier alpha value is -1.71. The first-order chi connectivity index (χ1) is 12.2. The molecule has 1 aromatic rings. The minimum absolute atomic E-state index is 0.0338. The summed E-state index contributed by atoms with van der Waals surface area (Å²) in [5.74, 6) is 0.277. The van der Waals surface area contributed by atoms with Gasteiger partial charge < -0.3 is 14.9 Å². The van der Waals surface area contributed by atoms with E-state index < -0.39 is 5.97 Å². The van der Waals surface area contributed by atoms with Crippen molar-refractivity contribution in [3.63, 3.8) is 0 Å². The summed E-state index contributed by atoms with van der Waals surface area (Å²) < 4.78 is 4.79. The standard InChI is InChI=1S/C22H32O4/c1-14-8-10-21(2)9-6-5-7-18(21)22(14,3)13-16-11-15(20(25)26-4)12-17(23)19(16)24/h11-12,14,18,23-24H,5-10,13H2,1-4H3. The number of esters is 1. The lowest BCUT2D eigenvalue weighted by Crippen LogP contribution is -2.50. The number of carbonyl (C=O) groups excluding carboxylic acids is 1. The van der Waals surface area contributed by atoms with E-state index in [4.69, 9.17) is 4.74 Å². The molecular weight excluding hydrogens is 328 g/mol. The van der Waals surface area contributed by atoms with Crippen LogP contribution in [0.3, 0.4) is 0 Å². The number of hydrogen-bond acceptors (Lipinski definition) is 4. The molecule has 144 valence electrons. The summed E-state index contributed by atoms with van der Waals surface area (Å²) in [6, 6.07) is 2.97. The highest BCUT2D eigenvalue weighted by Crippen LogP contribution is 2.61. The molecule has 0 saturated heterocycles. The van der Waals surface area contributed by atoms with Crippen LogP contribution in [-0.4, -0.2) is 23.3 Å². The number of hydrogen-bond donors (Lipinski definition) is 2.